The van der Waals surface area contributed by atoms with Crippen LogP contribution in [0.1, 0.15) is 20.9 Å². The zero-order valence-electron chi connectivity index (χ0n) is 12.8. The molecular weight excluding hydrogens is 288 g/mol. The third-order valence-corrected chi connectivity index (χ3v) is 4.36. The Morgan fingerprint density at radius 1 is 1.14 bits per heavy atom. The summed E-state index contributed by atoms with van der Waals surface area (Å²) in [5, 5.41) is 0.678. The van der Waals surface area contributed by atoms with Crippen molar-refractivity contribution >= 4 is 22.4 Å². The van der Waals surface area contributed by atoms with Crippen LogP contribution in [-0.4, -0.2) is 32.2 Å². The number of ether oxygens (including phenoxy) is 2. The highest BCUT2D eigenvalue weighted by molar-refractivity contribution is 7.15. The number of aryl methyl sites for hydroxylation is 2. The molecule has 2 aromatic rings. The summed E-state index contributed by atoms with van der Waals surface area (Å²) in [5.74, 6) is 1.01. The Bertz CT molecular complexity index is 625. The number of hydrogen-bond donors (Lipinski definition) is 0. The Kier molecular flexibility index (Phi) is 4.47. The van der Waals surface area contributed by atoms with Crippen molar-refractivity contribution in [3.05, 3.63) is 34.3 Å². The number of rotatable bonds is 4. The maximum Gasteiger partial charge on any atom is 0.260 e. The van der Waals surface area contributed by atoms with Crippen molar-refractivity contribution in [2.75, 3.05) is 26.2 Å². The molecule has 0 aliphatic rings. The van der Waals surface area contributed by atoms with Crippen molar-refractivity contribution in [3.8, 4) is 11.5 Å². The first-order valence-electron chi connectivity index (χ1n) is 6.41. The Balaban J connectivity index is 2.34. The second kappa shape index (κ2) is 6.13. The maximum absolute atomic E-state index is 12.6. The summed E-state index contributed by atoms with van der Waals surface area (Å²) < 4.78 is 10.4. The average molecular weight is 306 g/mol. The van der Waals surface area contributed by atoms with Crippen molar-refractivity contribution in [1.29, 1.82) is 0 Å². The van der Waals surface area contributed by atoms with Gasteiger partial charge < -0.3 is 9.47 Å². The van der Waals surface area contributed by atoms with E-state index in [1.807, 2.05) is 13.8 Å². The van der Waals surface area contributed by atoms with Gasteiger partial charge in [0.15, 0.2) is 5.13 Å². The molecule has 1 heterocycles. The second-order valence-electron chi connectivity index (χ2n) is 4.60. The van der Waals surface area contributed by atoms with E-state index in [1.165, 1.54) is 11.3 Å². The topological polar surface area (TPSA) is 51.7 Å². The van der Waals surface area contributed by atoms with E-state index >= 15 is 0 Å². The third kappa shape index (κ3) is 3.16. The van der Waals surface area contributed by atoms with Gasteiger partial charge in [0.1, 0.15) is 11.5 Å². The molecule has 0 fully saturated rings. The van der Waals surface area contributed by atoms with Crippen LogP contribution in [0.5, 0.6) is 11.5 Å². The monoisotopic (exact) mass is 306 g/mol. The SMILES string of the molecule is COc1cc(OC)cc(C(=O)N(C)c2nc(C)c(C)s2)c1. The van der Waals surface area contributed by atoms with Crippen LogP contribution in [-0.2, 0) is 0 Å². The molecule has 1 aromatic heterocycles. The number of thiazole rings is 1. The lowest BCUT2D eigenvalue weighted by atomic mass is 10.2. The van der Waals surface area contributed by atoms with Crippen molar-refractivity contribution in [3.63, 3.8) is 0 Å². The van der Waals surface area contributed by atoms with Gasteiger partial charge in [-0.2, -0.15) is 0 Å². The van der Waals surface area contributed by atoms with Crippen LogP contribution in [0.15, 0.2) is 18.2 Å². The van der Waals surface area contributed by atoms with Crippen molar-refractivity contribution < 1.29 is 14.3 Å². The molecule has 1 aromatic carbocycles. The van der Waals surface area contributed by atoms with Crippen LogP contribution in [0.25, 0.3) is 0 Å². The van der Waals surface area contributed by atoms with Gasteiger partial charge in [0.05, 0.1) is 19.9 Å². The molecule has 0 bridgehead atoms. The predicted octanol–water partition coefficient (Wildman–Crippen LogP) is 3.05. The first-order valence-corrected chi connectivity index (χ1v) is 7.23. The Hall–Kier alpha value is -2.08. The van der Waals surface area contributed by atoms with Crippen LogP contribution >= 0.6 is 11.3 Å². The molecule has 0 radical (unpaired) electrons. The van der Waals surface area contributed by atoms with Gasteiger partial charge in [-0.25, -0.2) is 4.98 Å². The Morgan fingerprint density at radius 2 is 1.71 bits per heavy atom. The van der Waals surface area contributed by atoms with Gasteiger partial charge in [-0.15, -0.1) is 11.3 Å². The van der Waals surface area contributed by atoms with Gasteiger partial charge in [-0.3, -0.25) is 9.69 Å². The smallest absolute Gasteiger partial charge is 0.260 e. The fraction of sp³-hybridized carbons (Fsp3) is 0.333. The van der Waals surface area contributed by atoms with E-state index in [4.69, 9.17) is 9.47 Å². The molecule has 0 unspecified atom stereocenters. The summed E-state index contributed by atoms with van der Waals surface area (Å²) in [5.41, 5.74) is 1.44. The molecule has 0 saturated carbocycles. The van der Waals surface area contributed by atoms with Crippen LogP contribution < -0.4 is 14.4 Å². The predicted molar refractivity (Wildman–Crippen MR) is 83.9 cm³/mol. The number of hydrogen-bond acceptors (Lipinski definition) is 5. The van der Waals surface area contributed by atoms with Crippen LogP contribution in [0.4, 0.5) is 5.13 Å². The first kappa shape index (κ1) is 15.3. The summed E-state index contributed by atoms with van der Waals surface area (Å²) in [6.45, 7) is 3.92. The number of methoxy groups -OCH3 is 2. The standard InChI is InChI=1S/C15H18N2O3S/c1-9-10(2)21-15(16-9)17(3)14(18)11-6-12(19-4)8-13(7-11)20-5/h6-8H,1-5H3. The van der Waals surface area contributed by atoms with Crippen LogP contribution in [0.2, 0.25) is 0 Å². The quantitative estimate of drug-likeness (QED) is 0.871. The van der Waals surface area contributed by atoms with E-state index in [9.17, 15) is 4.79 Å². The Labute approximate surface area is 128 Å². The molecule has 0 saturated heterocycles. The maximum atomic E-state index is 12.6. The molecule has 0 aliphatic carbocycles. The van der Waals surface area contributed by atoms with Crippen molar-refractivity contribution in [2.24, 2.45) is 0 Å². The van der Waals surface area contributed by atoms with E-state index in [1.54, 1.807) is 44.4 Å². The normalized spacial score (nSPS) is 10.3. The van der Waals surface area contributed by atoms with E-state index in [2.05, 4.69) is 4.98 Å². The molecule has 0 N–H and O–H groups in total. The Morgan fingerprint density at radius 3 is 2.14 bits per heavy atom. The van der Waals surface area contributed by atoms with Crippen molar-refractivity contribution in [2.45, 2.75) is 13.8 Å². The summed E-state index contributed by atoms with van der Waals surface area (Å²) in [6, 6.07) is 5.11. The largest absolute Gasteiger partial charge is 0.497 e. The molecular formula is C15H18N2O3S. The average Bonchev–Trinajstić information content (AvgIpc) is 2.84. The second-order valence-corrected chi connectivity index (χ2v) is 5.79. The summed E-state index contributed by atoms with van der Waals surface area (Å²) in [7, 11) is 4.83. The van der Waals surface area contributed by atoms with Gasteiger partial charge in [-0.05, 0) is 26.0 Å². The summed E-state index contributed by atoms with van der Waals surface area (Å²) in [4.78, 5) is 19.6. The van der Waals surface area contributed by atoms with Crippen LogP contribution in [0, 0.1) is 13.8 Å². The lowest BCUT2D eigenvalue weighted by molar-refractivity contribution is 0.0992. The minimum atomic E-state index is -0.152. The van der Waals surface area contributed by atoms with E-state index in [0.29, 0.717) is 22.2 Å². The molecule has 6 heteroatoms. The lowest BCUT2D eigenvalue weighted by Crippen LogP contribution is -2.26. The molecule has 21 heavy (non-hydrogen) atoms. The zero-order valence-corrected chi connectivity index (χ0v) is 13.6. The van der Waals surface area contributed by atoms with Gasteiger partial charge in [0.25, 0.3) is 5.91 Å². The number of nitrogens with zero attached hydrogens (tertiary/aromatic N) is 2. The molecule has 0 aliphatic heterocycles. The van der Waals surface area contributed by atoms with Gasteiger partial charge in [0, 0.05) is 23.6 Å². The molecule has 112 valence electrons. The van der Waals surface area contributed by atoms with Crippen molar-refractivity contribution in [1.82, 2.24) is 4.98 Å². The number of carbonyl (C=O) groups is 1. The fourth-order valence-electron chi connectivity index (χ4n) is 1.81. The van der Waals surface area contributed by atoms with Gasteiger partial charge in [0.2, 0.25) is 0 Å². The molecule has 2 rings (SSSR count). The first-order chi connectivity index (χ1) is 9.96. The van der Waals surface area contributed by atoms with Gasteiger partial charge >= 0.3 is 0 Å². The van der Waals surface area contributed by atoms with Crippen LogP contribution in [0.3, 0.4) is 0 Å². The molecule has 5 nitrogen and oxygen atoms in total. The van der Waals surface area contributed by atoms with E-state index in [0.717, 1.165) is 10.6 Å². The lowest BCUT2D eigenvalue weighted by Gasteiger charge is -2.15. The minimum Gasteiger partial charge on any atom is -0.497 e. The summed E-state index contributed by atoms with van der Waals surface area (Å²) in [6.07, 6.45) is 0. The number of benzene rings is 1. The number of aromatic nitrogens is 1. The minimum absolute atomic E-state index is 0.152. The fourth-order valence-corrected chi connectivity index (χ4v) is 2.68. The zero-order chi connectivity index (χ0) is 15.6. The molecule has 0 atom stereocenters. The number of amides is 1. The number of anilines is 1. The summed E-state index contributed by atoms with van der Waals surface area (Å²) >= 11 is 1.50. The highest BCUT2D eigenvalue weighted by atomic mass is 32.1. The van der Waals surface area contributed by atoms with E-state index in [-0.39, 0.29) is 5.91 Å². The van der Waals surface area contributed by atoms with Gasteiger partial charge in [-0.1, -0.05) is 0 Å². The van der Waals surface area contributed by atoms with E-state index < -0.39 is 0 Å². The molecule has 0 spiro atoms. The third-order valence-electron chi connectivity index (χ3n) is 3.21. The highest BCUT2D eigenvalue weighted by Crippen LogP contribution is 2.28. The molecule has 1 amide bonds. The number of carbonyl (C=O) groups excluding carboxylic acids is 1. The highest BCUT2D eigenvalue weighted by Gasteiger charge is 2.19.